The maximum absolute atomic E-state index is 12.6. The number of nitrogens with one attached hydrogen (secondary N) is 1. The summed E-state index contributed by atoms with van der Waals surface area (Å²) in [4.78, 5) is 19.1. The molecule has 2 aromatic carbocycles. The third-order valence-corrected chi connectivity index (χ3v) is 5.42. The number of nitrogens with zero attached hydrogens (tertiary/aromatic N) is 6. The van der Waals surface area contributed by atoms with E-state index in [0.29, 0.717) is 30.4 Å². The van der Waals surface area contributed by atoms with Crippen molar-refractivity contribution in [3.63, 3.8) is 0 Å². The highest BCUT2D eigenvalue weighted by Crippen LogP contribution is 2.25. The summed E-state index contributed by atoms with van der Waals surface area (Å²) in [6, 6.07) is 19.4. The predicted octanol–water partition coefficient (Wildman–Crippen LogP) is 3.21. The molecule has 1 aliphatic rings. The van der Waals surface area contributed by atoms with E-state index in [0.717, 1.165) is 24.0 Å². The van der Waals surface area contributed by atoms with Crippen molar-refractivity contribution in [1.82, 2.24) is 35.1 Å². The van der Waals surface area contributed by atoms with Crippen LogP contribution in [0.2, 0.25) is 0 Å². The smallest absolute Gasteiger partial charge is 0.253 e. The molecule has 5 rings (SSSR count). The number of carbonyl (C=O) groups is 1. The van der Waals surface area contributed by atoms with Crippen LogP contribution in [-0.4, -0.2) is 54.1 Å². The minimum absolute atomic E-state index is 0.0865. The average molecular weight is 399 g/mol. The highest BCUT2D eigenvalue weighted by Gasteiger charge is 2.25. The highest BCUT2D eigenvalue weighted by molar-refractivity contribution is 5.94. The van der Waals surface area contributed by atoms with Crippen LogP contribution in [-0.2, 0) is 0 Å². The Kier molecular flexibility index (Phi) is 4.80. The molecule has 8 heteroatoms. The first kappa shape index (κ1) is 18.2. The Hall–Kier alpha value is -3.81. The van der Waals surface area contributed by atoms with Gasteiger partial charge in [-0.15, -0.1) is 5.10 Å². The van der Waals surface area contributed by atoms with E-state index in [1.54, 1.807) is 0 Å². The molecule has 0 saturated carbocycles. The predicted molar refractivity (Wildman–Crippen MR) is 111 cm³/mol. The molecule has 0 bridgehead atoms. The van der Waals surface area contributed by atoms with Crippen molar-refractivity contribution in [2.45, 2.75) is 18.9 Å². The fourth-order valence-corrected chi connectivity index (χ4v) is 3.75. The molecule has 0 radical (unpaired) electrons. The minimum Gasteiger partial charge on any atom is -0.338 e. The summed E-state index contributed by atoms with van der Waals surface area (Å²) in [5.41, 5.74) is 2.34. The number of amides is 1. The first-order valence-corrected chi connectivity index (χ1v) is 10.0. The number of carbonyl (C=O) groups excluding carboxylic acids is 1. The van der Waals surface area contributed by atoms with Crippen molar-refractivity contribution >= 4 is 5.91 Å². The second kappa shape index (κ2) is 7.90. The summed E-state index contributed by atoms with van der Waals surface area (Å²) in [7, 11) is 0. The third kappa shape index (κ3) is 3.59. The molecule has 1 N–H and O–H groups in total. The van der Waals surface area contributed by atoms with E-state index in [4.69, 9.17) is 0 Å². The molecule has 0 aliphatic carbocycles. The number of H-pyrrole nitrogens is 1. The molecule has 4 aromatic rings. The molecule has 30 heavy (non-hydrogen) atoms. The molecule has 1 fully saturated rings. The molecule has 2 aromatic heterocycles. The zero-order chi connectivity index (χ0) is 20.3. The number of piperidine rings is 1. The molecule has 1 saturated heterocycles. The molecule has 0 spiro atoms. The summed E-state index contributed by atoms with van der Waals surface area (Å²) in [5.74, 6) is 1.31. The topological polar surface area (TPSA) is 92.6 Å². The SMILES string of the molecule is O=C(c1ccccc1)N1CCC(n2cc(-c3nc(-c4ccccc4)n[nH]3)nn2)CC1. The van der Waals surface area contributed by atoms with Crippen LogP contribution in [0.5, 0.6) is 0 Å². The van der Waals surface area contributed by atoms with Crippen LogP contribution in [0.15, 0.2) is 66.9 Å². The van der Waals surface area contributed by atoms with Crippen LogP contribution in [0.3, 0.4) is 0 Å². The molecule has 0 unspecified atom stereocenters. The van der Waals surface area contributed by atoms with Gasteiger partial charge >= 0.3 is 0 Å². The van der Waals surface area contributed by atoms with Gasteiger partial charge in [0.2, 0.25) is 0 Å². The van der Waals surface area contributed by atoms with Gasteiger partial charge in [-0.05, 0) is 25.0 Å². The summed E-state index contributed by atoms with van der Waals surface area (Å²) < 4.78 is 1.88. The van der Waals surface area contributed by atoms with Gasteiger partial charge in [-0.1, -0.05) is 53.7 Å². The minimum atomic E-state index is 0.0865. The highest BCUT2D eigenvalue weighted by atomic mass is 16.2. The van der Waals surface area contributed by atoms with Crippen molar-refractivity contribution in [3.8, 4) is 22.9 Å². The quantitative estimate of drug-likeness (QED) is 0.569. The maximum Gasteiger partial charge on any atom is 0.253 e. The van der Waals surface area contributed by atoms with E-state index >= 15 is 0 Å². The Balaban J connectivity index is 1.25. The van der Waals surface area contributed by atoms with E-state index in [1.807, 2.05) is 76.4 Å². The summed E-state index contributed by atoms with van der Waals surface area (Å²) in [6.45, 7) is 1.40. The third-order valence-electron chi connectivity index (χ3n) is 5.42. The Morgan fingerprint density at radius 3 is 2.40 bits per heavy atom. The first-order valence-electron chi connectivity index (χ1n) is 10.0. The van der Waals surface area contributed by atoms with Gasteiger partial charge in [-0.2, -0.15) is 5.10 Å². The fraction of sp³-hybridized carbons (Fsp3) is 0.227. The van der Waals surface area contributed by atoms with Crippen molar-refractivity contribution in [1.29, 1.82) is 0 Å². The van der Waals surface area contributed by atoms with Crippen LogP contribution in [0.25, 0.3) is 22.9 Å². The van der Waals surface area contributed by atoms with Gasteiger partial charge in [0.05, 0.1) is 12.2 Å². The summed E-state index contributed by atoms with van der Waals surface area (Å²) >= 11 is 0. The van der Waals surface area contributed by atoms with Gasteiger partial charge in [0.25, 0.3) is 5.91 Å². The average Bonchev–Trinajstić information content (AvgIpc) is 3.50. The number of aromatic nitrogens is 6. The molecular weight excluding hydrogens is 378 g/mol. The lowest BCUT2D eigenvalue weighted by atomic mass is 10.0. The summed E-state index contributed by atoms with van der Waals surface area (Å²) in [6.07, 6.45) is 3.58. The standard InChI is InChI=1S/C22H21N7O/c30-22(17-9-5-2-6-10-17)28-13-11-18(12-14-28)29-15-19(24-27-29)21-23-20(25-26-21)16-7-3-1-4-8-16/h1-10,15,18H,11-14H2,(H,23,25,26). The van der Waals surface area contributed by atoms with Gasteiger partial charge in [-0.25, -0.2) is 9.67 Å². The Labute approximate surface area is 173 Å². The lowest BCUT2D eigenvalue weighted by Crippen LogP contribution is -2.39. The molecule has 8 nitrogen and oxygen atoms in total. The summed E-state index contributed by atoms with van der Waals surface area (Å²) in [5, 5.41) is 15.8. The number of benzene rings is 2. The monoisotopic (exact) mass is 399 g/mol. The van der Waals surface area contributed by atoms with Crippen molar-refractivity contribution in [2.24, 2.45) is 0 Å². The second-order valence-electron chi connectivity index (χ2n) is 7.35. The zero-order valence-corrected chi connectivity index (χ0v) is 16.3. The Morgan fingerprint density at radius 2 is 1.67 bits per heavy atom. The number of aromatic amines is 1. The van der Waals surface area contributed by atoms with E-state index in [2.05, 4.69) is 25.5 Å². The van der Waals surface area contributed by atoms with Crippen LogP contribution >= 0.6 is 0 Å². The van der Waals surface area contributed by atoms with Gasteiger partial charge < -0.3 is 4.90 Å². The van der Waals surface area contributed by atoms with Crippen LogP contribution in [0.1, 0.15) is 29.2 Å². The number of hydrogen-bond donors (Lipinski definition) is 1. The first-order chi connectivity index (χ1) is 14.8. The number of likely N-dealkylation sites (tertiary alicyclic amines) is 1. The molecule has 0 atom stereocenters. The molecule has 3 heterocycles. The fourth-order valence-electron chi connectivity index (χ4n) is 3.75. The van der Waals surface area contributed by atoms with Gasteiger partial charge in [0, 0.05) is 24.2 Å². The molecule has 1 amide bonds. The van der Waals surface area contributed by atoms with Crippen molar-refractivity contribution in [2.75, 3.05) is 13.1 Å². The number of hydrogen-bond acceptors (Lipinski definition) is 5. The molecule has 150 valence electrons. The Morgan fingerprint density at radius 1 is 0.967 bits per heavy atom. The molecule has 1 aliphatic heterocycles. The zero-order valence-electron chi connectivity index (χ0n) is 16.3. The molecular formula is C22H21N7O. The van der Waals surface area contributed by atoms with E-state index in [1.165, 1.54) is 0 Å². The Bertz CT molecular complexity index is 1130. The van der Waals surface area contributed by atoms with Crippen LogP contribution in [0.4, 0.5) is 0 Å². The van der Waals surface area contributed by atoms with E-state index < -0.39 is 0 Å². The van der Waals surface area contributed by atoms with Crippen LogP contribution in [0, 0.1) is 0 Å². The lowest BCUT2D eigenvalue weighted by Gasteiger charge is -2.31. The van der Waals surface area contributed by atoms with Crippen molar-refractivity contribution in [3.05, 3.63) is 72.4 Å². The van der Waals surface area contributed by atoms with Crippen LogP contribution < -0.4 is 0 Å². The van der Waals surface area contributed by atoms with Crippen molar-refractivity contribution < 1.29 is 4.79 Å². The van der Waals surface area contributed by atoms with Gasteiger partial charge in [-0.3, -0.25) is 9.89 Å². The normalized spacial score (nSPS) is 14.7. The lowest BCUT2D eigenvalue weighted by molar-refractivity contribution is 0.0689. The van der Waals surface area contributed by atoms with Gasteiger partial charge in [0.15, 0.2) is 11.6 Å². The van der Waals surface area contributed by atoms with E-state index in [9.17, 15) is 4.79 Å². The maximum atomic E-state index is 12.6. The number of rotatable bonds is 4. The van der Waals surface area contributed by atoms with Gasteiger partial charge in [0.1, 0.15) is 5.69 Å². The largest absolute Gasteiger partial charge is 0.338 e. The second-order valence-corrected chi connectivity index (χ2v) is 7.35. The van der Waals surface area contributed by atoms with E-state index in [-0.39, 0.29) is 11.9 Å².